The van der Waals surface area contributed by atoms with E-state index >= 15 is 0 Å². The molecule has 0 aromatic heterocycles. The second-order valence-corrected chi connectivity index (χ2v) is 7.99. The van der Waals surface area contributed by atoms with Crippen LogP contribution in [0.3, 0.4) is 0 Å². The molecule has 7 heteroatoms. The normalized spacial score (nSPS) is 27.4. The number of hydrogen-bond donors (Lipinski definition) is 2. The Balaban J connectivity index is 1.98. The number of likely N-dealkylation sites (tertiary alicyclic amines) is 1. The molecule has 2 fully saturated rings. The largest absolute Gasteiger partial charge is 0.497 e. The average Bonchev–Trinajstić information content (AvgIpc) is 2.93. The molecule has 3 atom stereocenters. The van der Waals surface area contributed by atoms with E-state index in [1.54, 1.807) is 7.11 Å². The first-order valence-electron chi connectivity index (χ1n) is 9.88. The van der Waals surface area contributed by atoms with E-state index < -0.39 is 11.4 Å². The Morgan fingerprint density at radius 3 is 2.82 bits per heavy atom. The first-order chi connectivity index (χ1) is 13.3. The Labute approximate surface area is 165 Å². The summed E-state index contributed by atoms with van der Waals surface area (Å²) in [4.78, 5) is 38.6. The van der Waals surface area contributed by atoms with Crippen LogP contribution in [-0.2, 0) is 14.4 Å². The molecule has 2 aliphatic rings. The van der Waals surface area contributed by atoms with E-state index in [2.05, 4.69) is 5.32 Å². The fourth-order valence-corrected chi connectivity index (χ4v) is 4.59. The molecule has 0 bridgehead atoms. The fourth-order valence-electron chi connectivity index (χ4n) is 4.59. The zero-order chi connectivity index (χ0) is 20.3. The van der Waals surface area contributed by atoms with Gasteiger partial charge in [0.1, 0.15) is 5.75 Å². The Bertz CT molecular complexity index is 766. The number of nitrogens with zero attached hydrogens (tertiary/aromatic N) is 1. The Hall–Kier alpha value is -2.57. The summed E-state index contributed by atoms with van der Waals surface area (Å²) in [5.41, 5.74) is 5.72. The number of carbonyl (C=O) groups is 3. The highest BCUT2D eigenvalue weighted by atomic mass is 16.5. The zero-order valence-electron chi connectivity index (χ0n) is 16.6. The summed E-state index contributed by atoms with van der Waals surface area (Å²) < 4.78 is 5.36. The minimum Gasteiger partial charge on any atom is -0.497 e. The van der Waals surface area contributed by atoms with Gasteiger partial charge in [-0.15, -0.1) is 0 Å². The minimum absolute atomic E-state index is 0.0238. The lowest BCUT2D eigenvalue weighted by Gasteiger charge is -2.38. The van der Waals surface area contributed by atoms with Gasteiger partial charge in [0.2, 0.25) is 17.7 Å². The number of nitrogens with one attached hydrogen (secondary N) is 1. The molecule has 0 radical (unpaired) electrons. The number of fused-ring (bicyclic) bond motifs is 1. The third-order valence-corrected chi connectivity index (χ3v) is 5.93. The maximum Gasteiger partial charge on any atom is 0.223 e. The van der Waals surface area contributed by atoms with Gasteiger partial charge in [0.15, 0.2) is 0 Å². The summed E-state index contributed by atoms with van der Waals surface area (Å²) in [5.74, 6) is 0.165. The number of benzene rings is 1. The number of ether oxygens (including phenoxy) is 1. The van der Waals surface area contributed by atoms with Crippen LogP contribution < -0.4 is 15.8 Å². The average molecular weight is 387 g/mol. The monoisotopic (exact) mass is 387 g/mol. The van der Waals surface area contributed by atoms with Crippen molar-refractivity contribution in [3.8, 4) is 5.75 Å². The maximum atomic E-state index is 13.1. The number of nitrogens with two attached hydrogens (primary N) is 1. The van der Waals surface area contributed by atoms with Gasteiger partial charge in [-0.3, -0.25) is 14.4 Å². The molecule has 3 rings (SSSR count). The number of primary amides is 1. The summed E-state index contributed by atoms with van der Waals surface area (Å²) in [6.07, 6.45) is 3.76. The number of carbonyl (C=O) groups excluding carboxylic acids is 3. The molecule has 0 saturated carbocycles. The molecular weight excluding hydrogens is 358 g/mol. The SMILES string of the molecule is COc1cccc([C@@H]2C[C@]3(C)NC(=O)CCCC[C@@H]3N2C(=O)CCC(N)=O)c1. The van der Waals surface area contributed by atoms with Gasteiger partial charge in [0.25, 0.3) is 0 Å². The van der Waals surface area contributed by atoms with Crippen LogP contribution in [0.2, 0.25) is 0 Å². The van der Waals surface area contributed by atoms with Crippen LogP contribution in [0.15, 0.2) is 24.3 Å². The van der Waals surface area contributed by atoms with Gasteiger partial charge in [-0.05, 0) is 43.9 Å². The van der Waals surface area contributed by atoms with E-state index in [4.69, 9.17) is 10.5 Å². The lowest BCUT2D eigenvalue weighted by atomic mass is 9.85. The molecule has 28 heavy (non-hydrogen) atoms. The smallest absolute Gasteiger partial charge is 0.223 e. The van der Waals surface area contributed by atoms with E-state index in [1.165, 1.54) is 0 Å². The molecule has 2 aliphatic heterocycles. The van der Waals surface area contributed by atoms with E-state index in [1.807, 2.05) is 36.1 Å². The van der Waals surface area contributed by atoms with Gasteiger partial charge in [-0.1, -0.05) is 18.6 Å². The lowest BCUT2D eigenvalue weighted by Crippen LogP contribution is -2.56. The molecule has 0 unspecified atom stereocenters. The standard InChI is InChI=1S/C21H29N3O4/c1-21-13-16(14-6-5-7-15(12-14)28-2)24(20(27)11-10-18(22)25)17(21)8-3-4-9-19(26)23-21/h5-7,12,16-17H,3-4,8-11,13H2,1-2H3,(H2,22,25)(H,23,26)/t16-,17-,21-/m0/s1. The van der Waals surface area contributed by atoms with Crippen molar-refractivity contribution in [2.24, 2.45) is 5.73 Å². The van der Waals surface area contributed by atoms with Crippen LogP contribution in [0.4, 0.5) is 0 Å². The third kappa shape index (κ3) is 4.13. The van der Waals surface area contributed by atoms with Crippen molar-refractivity contribution in [2.45, 2.75) is 69.5 Å². The lowest BCUT2D eigenvalue weighted by molar-refractivity contribution is -0.137. The highest BCUT2D eigenvalue weighted by Gasteiger charge is 2.52. The molecule has 1 aromatic rings. The van der Waals surface area contributed by atoms with Crippen molar-refractivity contribution < 1.29 is 19.1 Å². The maximum absolute atomic E-state index is 13.1. The summed E-state index contributed by atoms with van der Waals surface area (Å²) in [6.45, 7) is 2.02. The molecule has 7 nitrogen and oxygen atoms in total. The van der Waals surface area contributed by atoms with Crippen LogP contribution in [-0.4, -0.2) is 41.3 Å². The van der Waals surface area contributed by atoms with Gasteiger partial charge in [-0.2, -0.15) is 0 Å². The molecule has 1 aromatic carbocycles. The van der Waals surface area contributed by atoms with Crippen molar-refractivity contribution in [1.29, 1.82) is 0 Å². The molecule has 152 valence electrons. The first-order valence-corrected chi connectivity index (χ1v) is 9.88. The van der Waals surface area contributed by atoms with E-state index in [9.17, 15) is 14.4 Å². The van der Waals surface area contributed by atoms with Gasteiger partial charge in [0, 0.05) is 19.3 Å². The second kappa shape index (κ2) is 8.20. The summed E-state index contributed by atoms with van der Waals surface area (Å²) in [5, 5.41) is 3.18. The van der Waals surface area contributed by atoms with Crippen molar-refractivity contribution in [3.05, 3.63) is 29.8 Å². The Kier molecular flexibility index (Phi) is 5.91. The molecule has 2 saturated heterocycles. The van der Waals surface area contributed by atoms with Crippen LogP contribution in [0.1, 0.15) is 63.5 Å². The molecule has 0 spiro atoms. The summed E-state index contributed by atoms with van der Waals surface area (Å²) in [7, 11) is 1.61. The Morgan fingerprint density at radius 2 is 2.11 bits per heavy atom. The second-order valence-electron chi connectivity index (χ2n) is 7.99. The number of rotatable bonds is 5. The number of hydrogen-bond acceptors (Lipinski definition) is 4. The quantitative estimate of drug-likeness (QED) is 0.807. The predicted octanol–water partition coefficient (Wildman–Crippen LogP) is 2.05. The van der Waals surface area contributed by atoms with Crippen LogP contribution >= 0.6 is 0 Å². The van der Waals surface area contributed by atoms with Gasteiger partial charge in [0.05, 0.1) is 24.7 Å². The molecular formula is C21H29N3O4. The van der Waals surface area contributed by atoms with Gasteiger partial charge >= 0.3 is 0 Å². The zero-order valence-corrected chi connectivity index (χ0v) is 16.6. The molecule has 0 aliphatic carbocycles. The van der Waals surface area contributed by atoms with E-state index in [0.717, 1.165) is 30.6 Å². The Morgan fingerprint density at radius 1 is 1.32 bits per heavy atom. The first kappa shape index (κ1) is 20.2. The van der Waals surface area contributed by atoms with Crippen LogP contribution in [0.25, 0.3) is 0 Å². The topological polar surface area (TPSA) is 102 Å². The van der Waals surface area contributed by atoms with Crippen molar-refractivity contribution >= 4 is 17.7 Å². The van der Waals surface area contributed by atoms with Gasteiger partial charge in [-0.25, -0.2) is 0 Å². The molecule has 3 N–H and O–H groups in total. The van der Waals surface area contributed by atoms with Gasteiger partial charge < -0.3 is 20.7 Å². The van der Waals surface area contributed by atoms with Crippen molar-refractivity contribution in [3.63, 3.8) is 0 Å². The van der Waals surface area contributed by atoms with Crippen molar-refractivity contribution in [2.75, 3.05) is 7.11 Å². The number of methoxy groups -OCH3 is 1. The van der Waals surface area contributed by atoms with Crippen LogP contribution in [0, 0.1) is 0 Å². The molecule has 2 heterocycles. The highest BCUT2D eigenvalue weighted by Crippen LogP contribution is 2.45. The van der Waals surface area contributed by atoms with Crippen LogP contribution in [0.5, 0.6) is 5.75 Å². The third-order valence-electron chi connectivity index (χ3n) is 5.93. The minimum atomic E-state index is -0.506. The number of amides is 3. The molecule has 3 amide bonds. The predicted molar refractivity (Wildman–Crippen MR) is 104 cm³/mol. The van der Waals surface area contributed by atoms with E-state index in [0.29, 0.717) is 12.8 Å². The summed E-state index contributed by atoms with van der Waals surface area (Å²) in [6, 6.07) is 7.37. The highest BCUT2D eigenvalue weighted by molar-refractivity contribution is 5.84. The van der Waals surface area contributed by atoms with Crippen molar-refractivity contribution in [1.82, 2.24) is 10.2 Å². The van der Waals surface area contributed by atoms with E-state index in [-0.39, 0.29) is 36.7 Å². The summed E-state index contributed by atoms with van der Waals surface area (Å²) >= 11 is 0. The fraction of sp³-hybridized carbons (Fsp3) is 0.571.